The van der Waals surface area contributed by atoms with Gasteiger partial charge < -0.3 is 14.6 Å². The predicted octanol–water partition coefficient (Wildman–Crippen LogP) is 1.95. The maximum Gasteiger partial charge on any atom is 0.140 e. The van der Waals surface area contributed by atoms with Crippen LogP contribution in [0.1, 0.15) is 11.4 Å². The molecule has 1 N–H and O–H groups in total. The Bertz CT molecular complexity index is 541. The van der Waals surface area contributed by atoms with Crippen LogP contribution < -0.4 is 4.90 Å². The van der Waals surface area contributed by atoms with Gasteiger partial charge in [-0.05, 0) is 31.2 Å². The Morgan fingerprint density at radius 1 is 1.22 bits per heavy atom. The number of anilines is 1. The molecule has 0 aliphatic rings. The van der Waals surface area contributed by atoms with Crippen molar-refractivity contribution < 1.29 is 5.11 Å². The fourth-order valence-corrected chi connectivity index (χ4v) is 2.06. The molecule has 0 unspecified atom stereocenters. The molecule has 0 saturated heterocycles. The Morgan fingerprint density at radius 3 is 2.28 bits per heavy atom. The standard InChI is InChI=1S/C14H19N3O/c1-10-13(9-18)17(4)14(15-10)11-5-7-12(8-6-11)16(2)3/h5-8,18H,9H2,1-4H3. The van der Waals surface area contributed by atoms with Crippen molar-refractivity contribution in [1.82, 2.24) is 9.55 Å². The summed E-state index contributed by atoms with van der Waals surface area (Å²) in [6, 6.07) is 8.24. The monoisotopic (exact) mass is 245 g/mol. The fourth-order valence-electron chi connectivity index (χ4n) is 2.06. The van der Waals surface area contributed by atoms with Crippen molar-refractivity contribution in [3.8, 4) is 11.4 Å². The van der Waals surface area contributed by atoms with Gasteiger partial charge in [-0.25, -0.2) is 4.98 Å². The van der Waals surface area contributed by atoms with Gasteiger partial charge in [0.05, 0.1) is 18.0 Å². The van der Waals surface area contributed by atoms with E-state index in [-0.39, 0.29) is 6.61 Å². The zero-order chi connectivity index (χ0) is 13.3. The summed E-state index contributed by atoms with van der Waals surface area (Å²) in [7, 11) is 5.97. The molecular formula is C14H19N3O. The van der Waals surface area contributed by atoms with E-state index in [1.165, 1.54) is 0 Å². The summed E-state index contributed by atoms with van der Waals surface area (Å²) in [5, 5.41) is 9.31. The molecule has 1 aromatic carbocycles. The molecule has 2 rings (SSSR count). The minimum absolute atomic E-state index is 0.0190. The van der Waals surface area contributed by atoms with Crippen LogP contribution in [0, 0.1) is 6.92 Å². The molecule has 1 heterocycles. The lowest BCUT2D eigenvalue weighted by Gasteiger charge is -2.12. The Kier molecular flexibility index (Phi) is 3.39. The van der Waals surface area contributed by atoms with E-state index in [1.807, 2.05) is 32.6 Å². The molecular weight excluding hydrogens is 226 g/mol. The molecule has 0 aliphatic heterocycles. The van der Waals surface area contributed by atoms with Crippen molar-refractivity contribution in [1.29, 1.82) is 0 Å². The van der Waals surface area contributed by atoms with Crippen LogP contribution in [0.5, 0.6) is 0 Å². The highest BCUT2D eigenvalue weighted by Gasteiger charge is 2.12. The highest BCUT2D eigenvalue weighted by atomic mass is 16.3. The van der Waals surface area contributed by atoms with E-state index < -0.39 is 0 Å². The Balaban J connectivity index is 2.43. The number of nitrogens with zero attached hydrogens (tertiary/aromatic N) is 3. The second kappa shape index (κ2) is 4.82. The third-order valence-electron chi connectivity index (χ3n) is 3.21. The van der Waals surface area contributed by atoms with Crippen molar-refractivity contribution >= 4 is 5.69 Å². The summed E-state index contributed by atoms with van der Waals surface area (Å²) in [4.78, 5) is 6.58. The second-order valence-electron chi connectivity index (χ2n) is 4.63. The van der Waals surface area contributed by atoms with E-state index >= 15 is 0 Å². The van der Waals surface area contributed by atoms with Crippen LogP contribution in [0.15, 0.2) is 24.3 Å². The lowest BCUT2D eigenvalue weighted by Crippen LogP contribution is -2.08. The van der Waals surface area contributed by atoms with Crippen molar-refractivity contribution in [3.63, 3.8) is 0 Å². The molecule has 0 spiro atoms. The van der Waals surface area contributed by atoms with E-state index in [1.54, 1.807) is 0 Å². The number of hydrogen-bond donors (Lipinski definition) is 1. The molecule has 96 valence electrons. The SMILES string of the molecule is Cc1nc(-c2ccc(N(C)C)cc2)n(C)c1CO. The number of benzene rings is 1. The topological polar surface area (TPSA) is 41.3 Å². The Hall–Kier alpha value is -1.81. The summed E-state index contributed by atoms with van der Waals surface area (Å²) in [6.45, 7) is 1.94. The largest absolute Gasteiger partial charge is 0.390 e. The zero-order valence-electron chi connectivity index (χ0n) is 11.3. The molecule has 0 amide bonds. The van der Waals surface area contributed by atoms with Gasteiger partial charge in [-0.15, -0.1) is 0 Å². The number of aliphatic hydroxyl groups is 1. The van der Waals surface area contributed by atoms with Crippen LogP contribution >= 0.6 is 0 Å². The van der Waals surface area contributed by atoms with Gasteiger partial charge in [0.25, 0.3) is 0 Å². The van der Waals surface area contributed by atoms with E-state index in [9.17, 15) is 5.11 Å². The summed E-state index contributed by atoms with van der Waals surface area (Å²) in [6.07, 6.45) is 0. The maximum atomic E-state index is 9.31. The van der Waals surface area contributed by atoms with Crippen LogP contribution in [-0.4, -0.2) is 28.8 Å². The number of hydrogen-bond acceptors (Lipinski definition) is 3. The van der Waals surface area contributed by atoms with Gasteiger partial charge in [0.1, 0.15) is 5.82 Å². The number of imidazole rings is 1. The molecule has 4 nitrogen and oxygen atoms in total. The molecule has 0 fully saturated rings. The van der Waals surface area contributed by atoms with Gasteiger partial charge in [0.15, 0.2) is 0 Å². The van der Waals surface area contributed by atoms with Gasteiger partial charge in [-0.2, -0.15) is 0 Å². The summed E-state index contributed by atoms with van der Waals surface area (Å²) >= 11 is 0. The Labute approximate surface area is 108 Å². The fraction of sp³-hybridized carbons (Fsp3) is 0.357. The van der Waals surface area contributed by atoms with Crippen LogP contribution in [0.4, 0.5) is 5.69 Å². The van der Waals surface area contributed by atoms with Crippen molar-refractivity contribution in [2.45, 2.75) is 13.5 Å². The van der Waals surface area contributed by atoms with Crippen molar-refractivity contribution in [3.05, 3.63) is 35.7 Å². The first-order valence-corrected chi connectivity index (χ1v) is 5.95. The van der Waals surface area contributed by atoms with Crippen LogP contribution in [0.2, 0.25) is 0 Å². The van der Waals surface area contributed by atoms with Gasteiger partial charge in [-0.3, -0.25) is 0 Å². The molecule has 4 heteroatoms. The van der Waals surface area contributed by atoms with E-state index in [0.29, 0.717) is 0 Å². The summed E-state index contributed by atoms with van der Waals surface area (Å²) < 4.78 is 1.94. The van der Waals surface area contributed by atoms with E-state index in [0.717, 1.165) is 28.5 Å². The average Bonchev–Trinajstić information content (AvgIpc) is 2.64. The lowest BCUT2D eigenvalue weighted by molar-refractivity contribution is 0.272. The van der Waals surface area contributed by atoms with Crippen LogP contribution in [0.25, 0.3) is 11.4 Å². The maximum absolute atomic E-state index is 9.31. The lowest BCUT2D eigenvalue weighted by atomic mass is 10.2. The first-order valence-electron chi connectivity index (χ1n) is 5.95. The predicted molar refractivity (Wildman–Crippen MR) is 73.6 cm³/mol. The quantitative estimate of drug-likeness (QED) is 0.898. The molecule has 0 atom stereocenters. The minimum Gasteiger partial charge on any atom is -0.390 e. The van der Waals surface area contributed by atoms with Gasteiger partial charge in [0.2, 0.25) is 0 Å². The highest BCUT2D eigenvalue weighted by molar-refractivity contribution is 5.61. The number of aryl methyl sites for hydroxylation is 1. The van der Waals surface area contributed by atoms with Gasteiger partial charge >= 0.3 is 0 Å². The average molecular weight is 245 g/mol. The van der Waals surface area contributed by atoms with Crippen LogP contribution in [0.3, 0.4) is 0 Å². The Morgan fingerprint density at radius 2 is 1.83 bits per heavy atom. The number of aliphatic hydroxyl groups excluding tert-OH is 1. The van der Waals surface area contributed by atoms with E-state index in [2.05, 4.69) is 34.1 Å². The normalized spacial score (nSPS) is 10.7. The van der Waals surface area contributed by atoms with Gasteiger partial charge in [0, 0.05) is 32.4 Å². The summed E-state index contributed by atoms with van der Waals surface area (Å²) in [5.74, 6) is 0.891. The van der Waals surface area contributed by atoms with Crippen molar-refractivity contribution in [2.75, 3.05) is 19.0 Å². The molecule has 2 aromatic rings. The molecule has 18 heavy (non-hydrogen) atoms. The molecule has 0 aliphatic carbocycles. The highest BCUT2D eigenvalue weighted by Crippen LogP contribution is 2.23. The third kappa shape index (κ3) is 2.11. The molecule has 1 aromatic heterocycles. The van der Waals surface area contributed by atoms with Crippen molar-refractivity contribution in [2.24, 2.45) is 7.05 Å². The van der Waals surface area contributed by atoms with E-state index in [4.69, 9.17) is 0 Å². The molecule has 0 bridgehead atoms. The third-order valence-corrected chi connectivity index (χ3v) is 3.21. The van der Waals surface area contributed by atoms with Gasteiger partial charge in [-0.1, -0.05) is 0 Å². The zero-order valence-corrected chi connectivity index (χ0v) is 11.3. The molecule has 0 radical (unpaired) electrons. The number of aromatic nitrogens is 2. The number of rotatable bonds is 3. The molecule has 0 saturated carbocycles. The minimum atomic E-state index is 0.0190. The first kappa shape index (κ1) is 12.6. The summed E-state index contributed by atoms with van der Waals surface area (Å²) in [5.41, 5.74) is 3.96. The van der Waals surface area contributed by atoms with Crippen LogP contribution in [-0.2, 0) is 13.7 Å². The second-order valence-corrected chi connectivity index (χ2v) is 4.63. The smallest absolute Gasteiger partial charge is 0.140 e. The first-order chi connectivity index (χ1) is 8.54.